The number of carbonyl (C=O) groups is 2. The van der Waals surface area contributed by atoms with Gasteiger partial charge >= 0.3 is 12.0 Å². The van der Waals surface area contributed by atoms with Gasteiger partial charge in [-0.05, 0) is 25.1 Å². The highest BCUT2D eigenvalue weighted by molar-refractivity contribution is 6.30. The number of carboxylic acids is 1. The van der Waals surface area contributed by atoms with E-state index in [1.54, 1.807) is 31.2 Å². The number of aliphatic carboxylic acids is 1. The highest BCUT2D eigenvalue weighted by Gasteiger charge is 2.10. The number of hydrogen-bond donors (Lipinski definition) is 3. The highest BCUT2D eigenvalue weighted by Crippen LogP contribution is 2.14. The Morgan fingerprint density at radius 2 is 2.18 bits per heavy atom. The van der Waals surface area contributed by atoms with Gasteiger partial charge < -0.3 is 15.7 Å². The van der Waals surface area contributed by atoms with Gasteiger partial charge in [0.25, 0.3) is 0 Å². The Kier molecular flexibility index (Phi) is 4.78. The first kappa shape index (κ1) is 13.3. The summed E-state index contributed by atoms with van der Waals surface area (Å²) in [6.07, 6.45) is -0.122. The molecule has 0 fully saturated rings. The van der Waals surface area contributed by atoms with Gasteiger partial charge in [-0.15, -0.1) is 0 Å². The number of urea groups is 1. The average molecular weight is 257 g/mol. The van der Waals surface area contributed by atoms with Gasteiger partial charge in [0.05, 0.1) is 6.42 Å². The number of nitrogens with one attached hydrogen (secondary N) is 2. The summed E-state index contributed by atoms with van der Waals surface area (Å²) in [5, 5.41) is 14.1. The van der Waals surface area contributed by atoms with Crippen LogP contribution in [0, 0.1) is 0 Å². The van der Waals surface area contributed by atoms with Crippen LogP contribution in [0.25, 0.3) is 0 Å². The van der Waals surface area contributed by atoms with E-state index in [0.29, 0.717) is 10.7 Å². The van der Waals surface area contributed by atoms with Crippen LogP contribution in [-0.4, -0.2) is 23.1 Å². The second-order valence-electron chi connectivity index (χ2n) is 3.61. The zero-order valence-corrected chi connectivity index (χ0v) is 9.99. The van der Waals surface area contributed by atoms with E-state index < -0.39 is 18.0 Å². The lowest BCUT2D eigenvalue weighted by molar-refractivity contribution is -0.137. The molecule has 92 valence electrons. The molecule has 0 saturated heterocycles. The molecular formula is C11H13ClN2O3. The molecule has 1 aromatic rings. The molecule has 0 heterocycles. The van der Waals surface area contributed by atoms with E-state index in [4.69, 9.17) is 16.7 Å². The lowest BCUT2D eigenvalue weighted by atomic mass is 10.2. The molecular weight excluding hydrogens is 244 g/mol. The molecule has 0 aliphatic carbocycles. The topological polar surface area (TPSA) is 78.4 Å². The van der Waals surface area contributed by atoms with Crippen molar-refractivity contribution in [2.24, 2.45) is 0 Å². The molecule has 1 aromatic carbocycles. The van der Waals surface area contributed by atoms with Crippen molar-refractivity contribution in [3.63, 3.8) is 0 Å². The molecule has 1 unspecified atom stereocenters. The molecule has 3 N–H and O–H groups in total. The van der Waals surface area contributed by atoms with Crippen LogP contribution in [0.1, 0.15) is 13.3 Å². The Balaban J connectivity index is 2.47. The maximum atomic E-state index is 11.5. The fourth-order valence-corrected chi connectivity index (χ4v) is 1.46. The zero-order valence-electron chi connectivity index (χ0n) is 9.24. The predicted octanol–water partition coefficient (Wildman–Crippen LogP) is 2.32. The first-order valence-corrected chi connectivity index (χ1v) is 5.40. The van der Waals surface area contributed by atoms with Crippen LogP contribution >= 0.6 is 11.6 Å². The number of anilines is 1. The standard InChI is InChI=1S/C11H13ClN2O3/c1-7(5-10(15)16)13-11(17)14-9-4-2-3-8(12)6-9/h2-4,6-7H,5H2,1H3,(H,15,16)(H2,13,14,17). The fraction of sp³-hybridized carbons (Fsp3) is 0.273. The van der Waals surface area contributed by atoms with Gasteiger partial charge in [0.2, 0.25) is 0 Å². The van der Waals surface area contributed by atoms with Crippen LogP contribution in [0.15, 0.2) is 24.3 Å². The third-order valence-electron chi connectivity index (χ3n) is 1.94. The first-order chi connectivity index (χ1) is 7.97. The summed E-state index contributed by atoms with van der Waals surface area (Å²) >= 11 is 5.75. The maximum Gasteiger partial charge on any atom is 0.319 e. The van der Waals surface area contributed by atoms with Crippen LogP contribution in [-0.2, 0) is 4.79 Å². The van der Waals surface area contributed by atoms with Crippen LogP contribution in [0.4, 0.5) is 10.5 Å². The van der Waals surface area contributed by atoms with E-state index in [-0.39, 0.29) is 6.42 Å². The Bertz CT molecular complexity index is 423. The van der Waals surface area contributed by atoms with E-state index in [0.717, 1.165) is 0 Å². The molecule has 5 nitrogen and oxygen atoms in total. The molecule has 0 bridgehead atoms. The molecule has 2 amide bonds. The summed E-state index contributed by atoms with van der Waals surface area (Å²) < 4.78 is 0. The van der Waals surface area contributed by atoms with Crippen LogP contribution in [0.3, 0.4) is 0 Å². The van der Waals surface area contributed by atoms with E-state index in [9.17, 15) is 9.59 Å². The van der Waals surface area contributed by atoms with Gasteiger partial charge in [0, 0.05) is 16.8 Å². The molecule has 0 radical (unpaired) electrons. The number of halogens is 1. The van der Waals surface area contributed by atoms with Crippen molar-refractivity contribution >= 4 is 29.3 Å². The van der Waals surface area contributed by atoms with Crippen molar-refractivity contribution in [3.05, 3.63) is 29.3 Å². The van der Waals surface area contributed by atoms with Crippen molar-refractivity contribution in [3.8, 4) is 0 Å². The minimum atomic E-state index is -0.958. The third-order valence-corrected chi connectivity index (χ3v) is 2.18. The SMILES string of the molecule is CC(CC(=O)O)NC(=O)Nc1cccc(Cl)c1. The lowest BCUT2D eigenvalue weighted by Crippen LogP contribution is -2.37. The molecule has 0 aliphatic heterocycles. The fourth-order valence-electron chi connectivity index (χ4n) is 1.27. The monoisotopic (exact) mass is 256 g/mol. The Morgan fingerprint density at radius 1 is 1.47 bits per heavy atom. The summed E-state index contributed by atoms with van der Waals surface area (Å²) in [6, 6.07) is 5.79. The number of amides is 2. The largest absolute Gasteiger partial charge is 0.481 e. The molecule has 1 atom stereocenters. The normalized spacial score (nSPS) is 11.6. The van der Waals surface area contributed by atoms with Crippen LogP contribution < -0.4 is 10.6 Å². The van der Waals surface area contributed by atoms with E-state index in [2.05, 4.69) is 10.6 Å². The van der Waals surface area contributed by atoms with Gasteiger partial charge in [-0.1, -0.05) is 17.7 Å². The molecule has 0 aliphatic rings. The summed E-state index contributed by atoms with van der Waals surface area (Å²) in [6.45, 7) is 1.62. The number of carbonyl (C=O) groups excluding carboxylic acids is 1. The summed E-state index contributed by atoms with van der Waals surface area (Å²) in [5.74, 6) is -0.958. The van der Waals surface area contributed by atoms with Gasteiger partial charge in [-0.3, -0.25) is 4.79 Å². The van der Waals surface area contributed by atoms with Crippen molar-refractivity contribution in [1.29, 1.82) is 0 Å². The Labute approximate surface area is 104 Å². The minimum Gasteiger partial charge on any atom is -0.481 e. The van der Waals surface area contributed by atoms with Crippen molar-refractivity contribution in [1.82, 2.24) is 5.32 Å². The van der Waals surface area contributed by atoms with Crippen molar-refractivity contribution in [2.45, 2.75) is 19.4 Å². The Morgan fingerprint density at radius 3 is 2.76 bits per heavy atom. The van der Waals surface area contributed by atoms with Crippen LogP contribution in [0.2, 0.25) is 5.02 Å². The minimum absolute atomic E-state index is 0.122. The van der Waals surface area contributed by atoms with Crippen LogP contribution in [0.5, 0.6) is 0 Å². The predicted molar refractivity (Wildman–Crippen MR) is 65.3 cm³/mol. The number of hydrogen-bond acceptors (Lipinski definition) is 2. The molecule has 0 saturated carbocycles. The molecule has 6 heteroatoms. The van der Waals surface area contributed by atoms with Gasteiger partial charge in [-0.25, -0.2) is 4.79 Å². The third kappa shape index (κ3) is 5.21. The lowest BCUT2D eigenvalue weighted by Gasteiger charge is -2.12. The molecule has 0 spiro atoms. The maximum absolute atomic E-state index is 11.5. The smallest absolute Gasteiger partial charge is 0.319 e. The van der Waals surface area contributed by atoms with Gasteiger partial charge in [0.1, 0.15) is 0 Å². The van der Waals surface area contributed by atoms with Gasteiger partial charge in [0.15, 0.2) is 0 Å². The molecule has 17 heavy (non-hydrogen) atoms. The van der Waals surface area contributed by atoms with Gasteiger partial charge in [-0.2, -0.15) is 0 Å². The number of benzene rings is 1. The number of carboxylic acid groups (broad SMARTS) is 1. The highest BCUT2D eigenvalue weighted by atomic mass is 35.5. The van der Waals surface area contributed by atoms with E-state index >= 15 is 0 Å². The molecule has 0 aromatic heterocycles. The van der Waals surface area contributed by atoms with E-state index in [1.807, 2.05) is 0 Å². The molecule has 1 rings (SSSR count). The van der Waals surface area contributed by atoms with E-state index in [1.165, 1.54) is 0 Å². The summed E-state index contributed by atoms with van der Waals surface area (Å²) in [4.78, 5) is 21.9. The summed E-state index contributed by atoms with van der Waals surface area (Å²) in [7, 11) is 0. The van der Waals surface area contributed by atoms with Crippen molar-refractivity contribution < 1.29 is 14.7 Å². The second-order valence-corrected chi connectivity index (χ2v) is 4.04. The summed E-state index contributed by atoms with van der Waals surface area (Å²) in [5.41, 5.74) is 0.553. The Hall–Kier alpha value is -1.75. The second kappa shape index (κ2) is 6.10. The first-order valence-electron chi connectivity index (χ1n) is 5.02. The number of rotatable bonds is 4. The average Bonchev–Trinajstić information content (AvgIpc) is 2.14. The van der Waals surface area contributed by atoms with Crippen molar-refractivity contribution in [2.75, 3.05) is 5.32 Å². The zero-order chi connectivity index (χ0) is 12.8. The quantitative estimate of drug-likeness (QED) is 0.774.